The second-order valence-corrected chi connectivity index (χ2v) is 6.31. The fourth-order valence-electron chi connectivity index (χ4n) is 2.94. The summed E-state index contributed by atoms with van der Waals surface area (Å²) in [5.74, 6) is 0.647. The van der Waals surface area contributed by atoms with Crippen LogP contribution < -0.4 is 5.32 Å². The number of halogens is 1. The summed E-state index contributed by atoms with van der Waals surface area (Å²) in [7, 11) is 0. The Balaban J connectivity index is 1.78. The summed E-state index contributed by atoms with van der Waals surface area (Å²) >= 11 is 6.18. The van der Waals surface area contributed by atoms with Gasteiger partial charge in [0.1, 0.15) is 10.8 Å². The lowest BCUT2D eigenvalue weighted by molar-refractivity contribution is 0.0918. The average molecular weight is 303 g/mol. The Morgan fingerprint density at radius 1 is 1.24 bits per heavy atom. The van der Waals surface area contributed by atoms with E-state index < -0.39 is 0 Å². The number of pyridine rings is 1. The van der Waals surface area contributed by atoms with Gasteiger partial charge in [-0.3, -0.25) is 4.79 Å². The third-order valence-electron chi connectivity index (χ3n) is 4.28. The van der Waals surface area contributed by atoms with Crippen LogP contribution in [0, 0.1) is 5.92 Å². The van der Waals surface area contributed by atoms with Gasteiger partial charge in [-0.25, -0.2) is 4.98 Å². The highest BCUT2D eigenvalue weighted by Crippen LogP contribution is 2.25. The molecule has 1 fully saturated rings. The summed E-state index contributed by atoms with van der Waals surface area (Å²) in [5.41, 5.74) is 0.400. The first-order valence-electron chi connectivity index (χ1n) is 7.49. The molecule has 0 atom stereocenters. The normalized spacial score (nSPS) is 22.2. The lowest BCUT2D eigenvalue weighted by Gasteiger charge is -2.26. The van der Waals surface area contributed by atoms with Gasteiger partial charge in [0.25, 0.3) is 5.91 Å². The van der Waals surface area contributed by atoms with Gasteiger partial charge in [0.15, 0.2) is 0 Å². The van der Waals surface area contributed by atoms with Crippen LogP contribution in [0.25, 0.3) is 10.8 Å². The molecule has 2 aromatic rings. The molecule has 0 aliphatic heterocycles. The first-order chi connectivity index (χ1) is 10.1. The van der Waals surface area contributed by atoms with Gasteiger partial charge in [-0.15, -0.1) is 0 Å². The molecule has 4 heteroatoms. The number of fused-ring (bicyclic) bond motifs is 1. The molecule has 0 bridgehead atoms. The molecule has 0 unspecified atom stereocenters. The van der Waals surface area contributed by atoms with Gasteiger partial charge in [-0.05, 0) is 43.1 Å². The van der Waals surface area contributed by atoms with Gasteiger partial charge in [0.05, 0.1) is 0 Å². The van der Waals surface area contributed by atoms with Crippen LogP contribution >= 0.6 is 11.6 Å². The van der Waals surface area contributed by atoms with Crippen molar-refractivity contribution in [2.75, 3.05) is 0 Å². The predicted octanol–water partition coefficient (Wildman–Crippen LogP) is 4.20. The van der Waals surface area contributed by atoms with Crippen molar-refractivity contribution < 1.29 is 4.79 Å². The molecule has 3 nitrogen and oxygen atoms in total. The Morgan fingerprint density at radius 2 is 1.95 bits per heavy atom. The topological polar surface area (TPSA) is 42.0 Å². The number of aromatic nitrogens is 1. The summed E-state index contributed by atoms with van der Waals surface area (Å²) in [4.78, 5) is 16.6. The van der Waals surface area contributed by atoms with Gasteiger partial charge in [-0.2, -0.15) is 0 Å². The molecule has 1 aromatic heterocycles. The lowest BCUT2D eigenvalue weighted by Crippen LogP contribution is -2.37. The zero-order chi connectivity index (χ0) is 14.8. The van der Waals surface area contributed by atoms with Gasteiger partial charge < -0.3 is 5.32 Å². The largest absolute Gasteiger partial charge is 0.348 e. The van der Waals surface area contributed by atoms with Gasteiger partial charge in [0, 0.05) is 11.4 Å². The van der Waals surface area contributed by atoms with E-state index in [1.165, 1.54) is 12.8 Å². The quantitative estimate of drug-likeness (QED) is 0.845. The zero-order valence-corrected chi connectivity index (χ0v) is 12.9. The van der Waals surface area contributed by atoms with Crippen LogP contribution in [0.5, 0.6) is 0 Å². The molecule has 21 heavy (non-hydrogen) atoms. The number of nitrogens with one attached hydrogen (secondary N) is 1. The summed E-state index contributed by atoms with van der Waals surface area (Å²) < 4.78 is 0. The van der Waals surface area contributed by atoms with Crippen molar-refractivity contribution in [3.8, 4) is 0 Å². The second-order valence-electron chi connectivity index (χ2n) is 5.95. The van der Waals surface area contributed by atoms with E-state index in [9.17, 15) is 4.79 Å². The number of hydrogen-bond donors (Lipinski definition) is 1. The molecule has 1 heterocycles. The molecule has 1 aliphatic rings. The Labute approximate surface area is 129 Å². The minimum absolute atomic E-state index is 0.123. The van der Waals surface area contributed by atoms with Crippen molar-refractivity contribution in [2.45, 2.75) is 38.6 Å². The van der Waals surface area contributed by atoms with Crippen molar-refractivity contribution in [2.24, 2.45) is 5.92 Å². The minimum Gasteiger partial charge on any atom is -0.348 e. The Kier molecular flexibility index (Phi) is 4.11. The van der Waals surface area contributed by atoms with E-state index in [1.54, 1.807) is 0 Å². The van der Waals surface area contributed by atoms with E-state index in [-0.39, 0.29) is 11.9 Å². The van der Waals surface area contributed by atoms with Crippen LogP contribution in [0.2, 0.25) is 5.15 Å². The lowest BCUT2D eigenvalue weighted by atomic mass is 9.87. The number of hydrogen-bond acceptors (Lipinski definition) is 2. The summed E-state index contributed by atoms with van der Waals surface area (Å²) in [6.45, 7) is 2.27. The first kappa shape index (κ1) is 14.3. The molecule has 3 rings (SSSR count). The van der Waals surface area contributed by atoms with Crippen molar-refractivity contribution in [3.63, 3.8) is 0 Å². The van der Waals surface area contributed by atoms with E-state index in [4.69, 9.17) is 11.6 Å². The highest BCUT2D eigenvalue weighted by Gasteiger charge is 2.21. The monoisotopic (exact) mass is 302 g/mol. The molecular formula is C17H19ClN2O. The zero-order valence-electron chi connectivity index (χ0n) is 12.1. The molecule has 0 radical (unpaired) electrons. The van der Waals surface area contributed by atoms with E-state index in [1.807, 2.05) is 30.3 Å². The standard InChI is InChI=1S/C17H19ClN2O/c1-11-6-8-13(9-7-11)19-17(21)15-10-12-4-2-3-5-14(12)16(18)20-15/h2-5,10-11,13H,6-9H2,1H3,(H,19,21). The molecular weight excluding hydrogens is 284 g/mol. The number of benzene rings is 1. The molecule has 1 aromatic carbocycles. The number of amides is 1. The van der Waals surface area contributed by atoms with Crippen LogP contribution in [0.1, 0.15) is 43.1 Å². The Morgan fingerprint density at radius 3 is 2.71 bits per heavy atom. The summed E-state index contributed by atoms with van der Waals surface area (Å²) in [6, 6.07) is 9.78. The third kappa shape index (κ3) is 3.18. The van der Waals surface area contributed by atoms with E-state index in [0.29, 0.717) is 10.8 Å². The molecule has 0 spiro atoms. The molecule has 1 aliphatic carbocycles. The van der Waals surface area contributed by atoms with Crippen molar-refractivity contribution >= 4 is 28.3 Å². The highest BCUT2D eigenvalue weighted by molar-refractivity contribution is 6.34. The van der Waals surface area contributed by atoms with E-state index in [2.05, 4.69) is 17.2 Å². The third-order valence-corrected chi connectivity index (χ3v) is 4.57. The maximum absolute atomic E-state index is 12.4. The van der Waals surface area contributed by atoms with Gasteiger partial charge in [0.2, 0.25) is 0 Å². The van der Waals surface area contributed by atoms with Crippen molar-refractivity contribution in [3.05, 3.63) is 41.2 Å². The van der Waals surface area contributed by atoms with Gasteiger partial charge in [-0.1, -0.05) is 42.8 Å². The number of rotatable bonds is 2. The van der Waals surface area contributed by atoms with E-state index in [0.717, 1.165) is 29.5 Å². The smallest absolute Gasteiger partial charge is 0.270 e. The van der Waals surface area contributed by atoms with Crippen LogP contribution in [0.4, 0.5) is 0 Å². The van der Waals surface area contributed by atoms with Crippen molar-refractivity contribution in [1.29, 1.82) is 0 Å². The van der Waals surface area contributed by atoms with Crippen LogP contribution in [-0.4, -0.2) is 16.9 Å². The Bertz CT molecular complexity index is 663. The van der Waals surface area contributed by atoms with Gasteiger partial charge >= 0.3 is 0 Å². The van der Waals surface area contributed by atoms with Crippen molar-refractivity contribution in [1.82, 2.24) is 10.3 Å². The molecule has 1 N–H and O–H groups in total. The molecule has 0 saturated heterocycles. The number of nitrogens with zero attached hydrogens (tertiary/aromatic N) is 1. The first-order valence-corrected chi connectivity index (χ1v) is 7.87. The summed E-state index contributed by atoms with van der Waals surface area (Å²) in [5, 5.41) is 5.29. The second kappa shape index (κ2) is 6.02. The maximum atomic E-state index is 12.4. The minimum atomic E-state index is -0.123. The molecule has 110 valence electrons. The fourth-order valence-corrected chi connectivity index (χ4v) is 3.20. The fraction of sp³-hybridized carbons (Fsp3) is 0.412. The predicted molar refractivity (Wildman–Crippen MR) is 85.6 cm³/mol. The highest BCUT2D eigenvalue weighted by atomic mass is 35.5. The van der Waals surface area contributed by atoms with Crippen LogP contribution in [0.15, 0.2) is 30.3 Å². The van der Waals surface area contributed by atoms with E-state index >= 15 is 0 Å². The maximum Gasteiger partial charge on any atom is 0.270 e. The molecule has 1 amide bonds. The Hall–Kier alpha value is -1.61. The number of carbonyl (C=O) groups is 1. The summed E-state index contributed by atoms with van der Waals surface area (Å²) in [6.07, 6.45) is 4.45. The number of carbonyl (C=O) groups excluding carboxylic acids is 1. The van der Waals surface area contributed by atoms with Crippen LogP contribution in [-0.2, 0) is 0 Å². The SMILES string of the molecule is CC1CCC(NC(=O)c2cc3ccccc3c(Cl)n2)CC1. The molecule has 1 saturated carbocycles. The van der Waals surface area contributed by atoms with Crippen LogP contribution in [0.3, 0.4) is 0 Å². The average Bonchev–Trinajstić information content (AvgIpc) is 2.49.